The molecule has 132 valence electrons. The van der Waals surface area contributed by atoms with E-state index in [-0.39, 0.29) is 19.3 Å². The quantitative estimate of drug-likeness (QED) is 0.528. The molecule has 1 unspecified atom stereocenters. The smallest absolute Gasteiger partial charge is 0.408 e. The molecule has 1 atom stereocenters. The third-order valence-corrected chi connectivity index (χ3v) is 4.39. The van der Waals surface area contributed by atoms with Gasteiger partial charge in [-0.25, -0.2) is 9.78 Å². The molecular formula is C15H19ClIN3O4. The van der Waals surface area contributed by atoms with Crippen LogP contribution in [0.2, 0.25) is 5.02 Å². The number of halogens is 2. The molecule has 24 heavy (non-hydrogen) atoms. The molecule has 0 aromatic carbocycles. The standard InChI is InChI=1S/C15H19ClIN3O4/c1-15(2,3)20(14(21)22)7-10-5-11(24-19-10)8-23-12-4-9(16)6-18-13(12)17/h4,6,11H,5,7-8H2,1-3H3,(H,21,22). The minimum absolute atomic E-state index is 0.214. The molecule has 1 aliphatic heterocycles. The van der Waals surface area contributed by atoms with E-state index in [0.717, 1.165) is 0 Å². The van der Waals surface area contributed by atoms with Crippen molar-refractivity contribution in [3.8, 4) is 5.75 Å². The van der Waals surface area contributed by atoms with Gasteiger partial charge in [0.2, 0.25) is 0 Å². The summed E-state index contributed by atoms with van der Waals surface area (Å²) >= 11 is 7.97. The number of aromatic nitrogens is 1. The molecule has 1 aromatic heterocycles. The SMILES string of the molecule is CC(C)(C)N(CC1=NOC(COc2cc(Cl)cnc2I)C1)C(=O)O. The molecule has 7 nitrogen and oxygen atoms in total. The maximum absolute atomic E-state index is 11.4. The second kappa shape index (κ2) is 7.73. The van der Waals surface area contributed by atoms with Gasteiger partial charge in [-0.1, -0.05) is 16.8 Å². The lowest BCUT2D eigenvalue weighted by Gasteiger charge is -2.32. The minimum atomic E-state index is -0.982. The highest BCUT2D eigenvalue weighted by Crippen LogP contribution is 2.24. The van der Waals surface area contributed by atoms with Gasteiger partial charge in [0.25, 0.3) is 0 Å². The van der Waals surface area contributed by atoms with E-state index in [1.807, 2.05) is 20.8 Å². The zero-order valence-corrected chi connectivity index (χ0v) is 16.5. The molecule has 2 rings (SSSR count). The van der Waals surface area contributed by atoms with E-state index in [4.69, 9.17) is 21.2 Å². The number of hydrogen-bond acceptors (Lipinski definition) is 5. The molecule has 0 spiro atoms. The summed E-state index contributed by atoms with van der Waals surface area (Å²) in [6.45, 7) is 6.02. The van der Waals surface area contributed by atoms with Crippen molar-refractivity contribution in [1.29, 1.82) is 0 Å². The predicted octanol–water partition coefficient (Wildman–Crippen LogP) is 3.64. The van der Waals surface area contributed by atoms with Crippen LogP contribution in [0.25, 0.3) is 0 Å². The van der Waals surface area contributed by atoms with Crippen LogP contribution in [0.1, 0.15) is 27.2 Å². The van der Waals surface area contributed by atoms with Gasteiger partial charge in [0.05, 0.1) is 17.3 Å². The molecule has 2 heterocycles. The normalized spacial score (nSPS) is 17.2. The molecule has 0 saturated heterocycles. The second-order valence-electron chi connectivity index (χ2n) is 6.38. The van der Waals surface area contributed by atoms with E-state index < -0.39 is 11.6 Å². The first-order chi connectivity index (χ1) is 11.2. The number of nitrogens with zero attached hydrogens (tertiary/aromatic N) is 3. The molecule has 0 fully saturated rings. The maximum atomic E-state index is 11.4. The monoisotopic (exact) mass is 467 g/mol. The number of pyridine rings is 1. The van der Waals surface area contributed by atoms with Crippen molar-refractivity contribution in [2.75, 3.05) is 13.2 Å². The molecule has 1 aromatic rings. The highest BCUT2D eigenvalue weighted by Gasteiger charge is 2.31. The lowest BCUT2D eigenvalue weighted by atomic mass is 10.1. The van der Waals surface area contributed by atoms with Crippen LogP contribution in [0, 0.1) is 3.70 Å². The fourth-order valence-corrected chi connectivity index (χ4v) is 2.73. The van der Waals surface area contributed by atoms with Gasteiger partial charge in [0.15, 0.2) is 11.9 Å². The van der Waals surface area contributed by atoms with Crippen molar-refractivity contribution in [3.05, 3.63) is 21.0 Å². The Hall–Kier alpha value is -1.29. The van der Waals surface area contributed by atoms with E-state index in [1.165, 1.54) is 4.90 Å². The molecular weight excluding hydrogens is 449 g/mol. The maximum Gasteiger partial charge on any atom is 0.408 e. The largest absolute Gasteiger partial charge is 0.487 e. The fraction of sp³-hybridized carbons (Fsp3) is 0.533. The molecule has 0 bridgehead atoms. The van der Waals surface area contributed by atoms with Crippen LogP contribution < -0.4 is 4.74 Å². The van der Waals surface area contributed by atoms with Crippen LogP contribution in [0.3, 0.4) is 0 Å². The molecule has 1 amide bonds. The Balaban J connectivity index is 1.88. The highest BCUT2D eigenvalue weighted by molar-refractivity contribution is 14.1. The lowest BCUT2D eigenvalue weighted by molar-refractivity contribution is 0.0467. The Morgan fingerprint density at radius 1 is 1.58 bits per heavy atom. The average Bonchev–Trinajstić information content (AvgIpc) is 2.92. The van der Waals surface area contributed by atoms with Gasteiger partial charge >= 0.3 is 6.09 Å². The number of rotatable bonds is 5. The third-order valence-electron chi connectivity index (χ3n) is 3.37. The number of oxime groups is 1. The summed E-state index contributed by atoms with van der Waals surface area (Å²) in [4.78, 5) is 22.2. The van der Waals surface area contributed by atoms with Crippen LogP contribution in [0.4, 0.5) is 4.79 Å². The molecule has 1 aliphatic rings. The molecule has 0 saturated carbocycles. The molecule has 9 heteroatoms. The molecule has 0 radical (unpaired) electrons. The molecule has 0 aliphatic carbocycles. The van der Waals surface area contributed by atoms with Crippen molar-refractivity contribution in [2.45, 2.75) is 38.8 Å². The second-order valence-corrected chi connectivity index (χ2v) is 7.84. The Morgan fingerprint density at radius 3 is 2.92 bits per heavy atom. The van der Waals surface area contributed by atoms with Gasteiger partial charge in [-0.3, -0.25) is 4.90 Å². The number of carboxylic acid groups (broad SMARTS) is 1. The summed E-state index contributed by atoms with van der Waals surface area (Å²) in [6.07, 6.45) is 0.829. The predicted molar refractivity (Wildman–Crippen MR) is 98.9 cm³/mol. The van der Waals surface area contributed by atoms with Gasteiger partial charge in [-0.15, -0.1) is 0 Å². The Kier molecular flexibility index (Phi) is 6.13. The van der Waals surface area contributed by atoms with Gasteiger partial charge in [-0.05, 0) is 43.4 Å². The Labute approximate surface area is 159 Å². The van der Waals surface area contributed by atoms with E-state index in [1.54, 1.807) is 12.3 Å². The third kappa shape index (κ3) is 5.10. The van der Waals surface area contributed by atoms with E-state index >= 15 is 0 Å². The van der Waals surface area contributed by atoms with E-state index in [0.29, 0.717) is 26.6 Å². The number of carbonyl (C=O) groups is 1. The van der Waals surface area contributed by atoms with Crippen LogP contribution in [0.15, 0.2) is 17.4 Å². The van der Waals surface area contributed by atoms with E-state index in [9.17, 15) is 9.90 Å². The van der Waals surface area contributed by atoms with Crippen molar-refractivity contribution < 1.29 is 19.5 Å². The van der Waals surface area contributed by atoms with Gasteiger partial charge < -0.3 is 14.7 Å². The topological polar surface area (TPSA) is 84.3 Å². The van der Waals surface area contributed by atoms with Crippen molar-refractivity contribution in [1.82, 2.24) is 9.88 Å². The van der Waals surface area contributed by atoms with Gasteiger partial charge in [-0.2, -0.15) is 0 Å². The Morgan fingerprint density at radius 2 is 2.29 bits per heavy atom. The van der Waals surface area contributed by atoms with Crippen LogP contribution in [-0.2, 0) is 4.84 Å². The fourth-order valence-electron chi connectivity index (χ4n) is 2.13. The van der Waals surface area contributed by atoms with Crippen LogP contribution in [0.5, 0.6) is 5.75 Å². The average molecular weight is 468 g/mol. The summed E-state index contributed by atoms with van der Waals surface area (Å²) in [5.41, 5.74) is 0.172. The van der Waals surface area contributed by atoms with Crippen molar-refractivity contribution in [3.63, 3.8) is 0 Å². The highest BCUT2D eigenvalue weighted by atomic mass is 127. The summed E-state index contributed by atoms with van der Waals surface area (Å²) in [6, 6.07) is 1.69. The number of hydrogen-bond donors (Lipinski definition) is 1. The van der Waals surface area contributed by atoms with Gasteiger partial charge in [0, 0.05) is 24.2 Å². The lowest BCUT2D eigenvalue weighted by Crippen LogP contribution is -2.47. The summed E-state index contributed by atoms with van der Waals surface area (Å²) < 4.78 is 6.40. The first-order valence-corrected chi connectivity index (χ1v) is 8.78. The number of ether oxygens (including phenoxy) is 1. The Bertz CT molecular complexity index is 648. The van der Waals surface area contributed by atoms with Crippen molar-refractivity contribution in [2.24, 2.45) is 5.16 Å². The zero-order chi connectivity index (χ0) is 17.9. The number of amides is 1. The van der Waals surface area contributed by atoms with Gasteiger partial charge in [0.1, 0.15) is 10.3 Å². The summed E-state index contributed by atoms with van der Waals surface area (Å²) in [7, 11) is 0. The first kappa shape index (κ1) is 19.0. The first-order valence-electron chi connectivity index (χ1n) is 7.33. The van der Waals surface area contributed by atoms with E-state index in [2.05, 4.69) is 32.7 Å². The van der Waals surface area contributed by atoms with Crippen molar-refractivity contribution >= 4 is 46.0 Å². The minimum Gasteiger partial charge on any atom is -0.487 e. The zero-order valence-electron chi connectivity index (χ0n) is 13.6. The molecule has 1 N–H and O–H groups in total. The van der Waals surface area contributed by atoms with Crippen LogP contribution >= 0.6 is 34.2 Å². The van der Waals surface area contributed by atoms with Crippen LogP contribution in [-0.4, -0.2) is 51.6 Å². The summed E-state index contributed by atoms with van der Waals surface area (Å²) in [5.74, 6) is 0.585. The summed E-state index contributed by atoms with van der Waals surface area (Å²) in [5, 5.41) is 13.8.